The number of halogens is 2. The van der Waals surface area contributed by atoms with Gasteiger partial charge in [-0.15, -0.1) is 0 Å². The lowest BCUT2D eigenvalue weighted by atomic mass is 10.2. The van der Waals surface area contributed by atoms with Crippen LogP contribution in [-0.2, 0) is 10.0 Å². The minimum Gasteiger partial charge on any atom is -0.210 e. The van der Waals surface area contributed by atoms with Crippen molar-refractivity contribution < 1.29 is 17.2 Å². The van der Waals surface area contributed by atoms with Crippen molar-refractivity contribution in [3.8, 4) is 6.07 Å². The second-order valence-corrected chi connectivity index (χ2v) is 5.22. The molecule has 0 amide bonds. The highest BCUT2D eigenvalue weighted by Crippen LogP contribution is 2.13. The molecule has 1 N–H and O–H groups in total. The van der Waals surface area contributed by atoms with Crippen LogP contribution < -0.4 is 4.72 Å². The predicted octanol–water partition coefficient (Wildman–Crippen LogP) is 1.40. The monoisotopic (exact) mass is 260 g/mol. The van der Waals surface area contributed by atoms with Gasteiger partial charge >= 0.3 is 0 Å². The Morgan fingerprint density at radius 3 is 2.59 bits per heavy atom. The lowest BCUT2D eigenvalue weighted by Crippen LogP contribution is -2.28. The van der Waals surface area contributed by atoms with Crippen LogP contribution in [-0.4, -0.2) is 15.0 Å². The smallest absolute Gasteiger partial charge is 0.210 e. The van der Waals surface area contributed by atoms with Crippen molar-refractivity contribution in [2.24, 2.45) is 5.92 Å². The third-order valence-electron chi connectivity index (χ3n) is 2.00. The third kappa shape index (κ3) is 3.47. The van der Waals surface area contributed by atoms with E-state index in [0.29, 0.717) is 6.07 Å². The molecule has 0 radical (unpaired) electrons. The van der Waals surface area contributed by atoms with Gasteiger partial charge < -0.3 is 0 Å². The number of nitriles is 1. The highest BCUT2D eigenvalue weighted by Gasteiger charge is 2.17. The quantitative estimate of drug-likeness (QED) is 0.889. The van der Waals surface area contributed by atoms with Crippen LogP contribution in [0.2, 0.25) is 0 Å². The van der Waals surface area contributed by atoms with E-state index >= 15 is 0 Å². The molecule has 0 saturated heterocycles. The van der Waals surface area contributed by atoms with Crippen LogP contribution in [0.4, 0.5) is 8.78 Å². The van der Waals surface area contributed by atoms with Crippen molar-refractivity contribution >= 4 is 10.0 Å². The standard InChI is InChI=1S/C10H10F2N2O2S/c1-7(5-13)6-14-17(15,16)8-2-3-9(11)10(12)4-8/h2-4,7,14H,6H2,1H3. The van der Waals surface area contributed by atoms with Crippen LogP contribution in [0.25, 0.3) is 0 Å². The van der Waals surface area contributed by atoms with Crippen molar-refractivity contribution in [3.05, 3.63) is 29.8 Å². The number of rotatable bonds is 4. The second-order valence-electron chi connectivity index (χ2n) is 3.46. The molecule has 17 heavy (non-hydrogen) atoms. The summed E-state index contributed by atoms with van der Waals surface area (Å²) in [6.07, 6.45) is 0. The molecule has 0 aromatic heterocycles. The Balaban J connectivity index is 2.91. The van der Waals surface area contributed by atoms with Crippen molar-refractivity contribution in [1.29, 1.82) is 5.26 Å². The number of benzene rings is 1. The fraction of sp³-hybridized carbons (Fsp3) is 0.300. The van der Waals surface area contributed by atoms with Crippen LogP contribution in [0.15, 0.2) is 23.1 Å². The van der Waals surface area contributed by atoms with E-state index in [2.05, 4.69) is 4.72 Å². The minimum absolute atomic E-state index is 0.0855. The summed E-state index contributed by atoms with van der Waals surface area (Å²) in [7, 11) is -3.91. The number of hydrogen-bond acceptors (Lipinski definition) is 3. The van der Waals surface area contributed by atoms with Gasteiger partial charge in [0.25, 0.3) is 0 Å². The van der Waals surface area contributed by atoms with Gasteiger partial charge in [-0.1, -0.05) is 0 Å². The molecule has 92 valence electrons. The maximum atomic E-state index is 12.9. The van der Waals surface area contributed by atoms with Crippen molar-refractivity contribution in [3.63, 3.8) is 0 Å². The van der Waals surface area contributed by atoms with E-state index in [9.17, 15) is 17.2 Å². The summed E-state index contributed by atoms with van der Waals surface area (Å²) in [5.41, 5.74) is 0. The molecule has 1 rings (SSSR count). The Hall–Kier alpha value is -1.52. The summed E-state index contributed by atoms with van der Waals surface area (Å²) in [5.74, 6) is -2.86. The lowest BCUT2D eigenvalue weighted by Gasteiger charge is -2.07. The number of hydrogen-bond donors (Lipinski definition) is 1. The van der Waals surface area contributed by atoms with E-state index in [0.717, 1.165) is 12.1 Å². The largest absolute Gasteiger partial charge is 0.240 e. The molecule has 0 heterocycles. The zero-order valence-electron chi connectivity index (χ0n) is 8.94. The third-order valence-corrected chi connectivity index (χ3v) is 3.42. The Morgan fingerprint density at radius 1 is 1.41 bits per heavy atom. The summed E-state index contributed by atoms with van der Waals surface area (Å²) in [6, 6.07) is 4.13. The van der Waals surface area contributed by atoms with Crippen LogP contribution in [0.3, 0.4) is 0 Å². The van der Waals surface area contributed by atoms with Crippen LogP contribution >= 0.6 is 0 Å². The average Bonchev–Trinajstić information content (AvgIpc) is 2.29. The minimum atomic E-state index is -3.91. The highest BCUT2D eigenvalue weighted by molar-refractivity contribution is 7.89. The van der Waals surface area contributed by atoms with Gasteiger partial charge in [0.05, 0.1) is 16.9 Å². The van der Waals surface area contributed by atoms with Gasteiger partial charge in [-0.25, -0.2) is 21.9 Å². The number of sulfonamides is 1. The van der Waals surface area contributed by atoms with Gasteiger partial charge in [0, 0.05) is 6.54 Å². The van der Waals surface area contributed by atoms with Crippen molar-refractivity contribution in [2.45, 2.75) is 11.8 Å². The predicted molar refractivity (Wildman–Crippen MR) is 56.3 cm³/mol. The summed E-state index contributed by atoms with van der Waals surface area (Å²) in [6.45, 7) is 1.45. The Kier molecular flexibility index (Phi) is 4.15. The summed E-state index contributed by atoms with van der Waals surface area (Å²) < 4.78 is 50.8. The maximum Gasteiger partial charge on any atom is 0.240 e. The molecule has 0 aliphatic carbocycles. The summed E-state index contributed by atoms with van der Waals surface area (Å²) >= 11 is 0. The fourth-order valence-corrected chi connectivity index (χ4v) is 2.15. The molecule has 0 spiro atoms. The molecule has 0 aliphatic heterocycles. The molecule has 0 aliphatic rings. The fourth-order valence-electron chi connectivity index (χ4n) is 1.01. The number of nitrogens with zero attached hydrogens (tertiary/aromatic N) is 1. The number of nitrogens with one attached hydrogen (secondary N) is 1. The molecule has 1 unspecified atom stereocenters. The van der Waals surface area contributed by atoms with E-state index in [1.807, 2.05) is 6.07 Å². The van der Waals surface area contributed by atoms with Gasteiger partial charge in [-0.2, -0.15) is 5.26 Å². The van der Waals surface area contributed by atoms with E-state index in [-0.39, 0.29) is 11.4 Å². The normalized spacial score (nSPS) is 13.1. The van der Waals surface area contributed by atoms with Gasteiger partial charge in [0.15, 0.2) is 11.6 Å². The van der Waals surface area contributed by atoms with Gasteiger partial charge in [-0.05, 0) is 25.1 Å². The molecule has 0 saturated carbocycles. The lowest BCUT2D eigenvalue weighted by molar-refractivity contribution is 0.504. The molecule has 1 aromatic carbocycles. The zero-order chi connectivity index (χ0) is 13.1. The van der Waals surface area contributed by atoms with Crippen molar-refractivity contribution in [1.82, 2.24) is 4.72 Å². The first-order chi connectivity index (χ1) is 7.86. The molecule has 7 heteroatoms. The van der Waals surface area contributed by atoms with E-state index in [1.54, 1.807) is 0 Å². The first kappa shape index (κ1) is 13.5. The van der Waals surface area contributed by atoms with E-state index in [4.69, 9.17) is 5.26 Å². The van der Waals surface area contributed by atoms with E-state index in [1.165, 1.54) is 6.92 Å². The maximum absolute atomic E-state index is 12.9. The van der Waals surface area contributed by atoms with Crippen LogP contribution in [0, 0.1) is 28.9 Å². The molecule has 1 atom stereocenters. The van der Waals surface area contributed by atoms with Crippen LogP contribution in [0.5, 0.6) is 0 Å². The summed E-state index contributed by atoms with van der Waals surface area (Å²) in [4.78, 5) is -0.374. The van der Waals surface area contributed by atoms with Gasteiger partial charge in [0.1, 0.15) is 0 Å². The molecule has 1 aromatic rings. The Labute approximate surface area is 97.9 Å². The first-order valence-corrected chi connectivity index (χ1v) is 6.19. The Morgan fingerprint density at radius 2 is 2.06 bits per heavy atom. The van der Waals surface area contributed by atoms with Gasteiger partial charge in [0.2, 0.25) is 10.0 Å². The van der Waals surface area contributed by atoms with Crippen LogP contribution in [0.1, 0.15) is 6.92 Å². The highest BCUT2D eigenvalue weighted by atomic mass is 32.2. The van der Waals surface area contributed by atoms with Gasteiger partial charge in [-0.3, -0.25) is 0 Å². The second kappa shape index (κ2) is 5.21. The molecule has 0 fully saturated rings. The molecule has 4 nitrogen and oxygen atoms in total. The Bertz CT molecular complexity index is 552. The SMILES string of the molecule is CC(C#N)CNS(=O)(=O)c1ccc(F)c(F)c1. The molecule has 0 bridgehead atoms. The summed E-state index contributed by atoms with van der Waals surface area (Å²) in [5, 5.41) is 8.49. The van der Waals surface area contributed by atoms with Crippen molar-refractivity contribution in [2.75, 3.05) is 6.54 Å². The average molecular weight is 260 g/mol. The topological polar surface area (TPSA) is 70.0 Å². The molecular weight excluding hydrogens is 250 g/mol. The van der Waals surface area contributed by atoms with E-state index < -0.39 is 27.6 Å². The first-order valence-electron chi connectivity index (χ1n) is 4.71. The molecular formula is C10H10F2N2O2S. The zero-order valence-corrected chi connectivity index (χ0v) is 9.76.